The van der Waals surface area contributed by atoms with E-state index in [9.17, 15) is 9.59 Å². The van der Waals surface area contributed by atoms with E-state index in [0.717, 1.165) is 5.75 Å². The van der Waals surface area contributed by atoms with E-state index in [0.29, 0.717) is 17.6 Å². The largest absolute Gasteiger partial charge is 0.354 e. The van der Waals surface area contributed by atoms with Crippen LogP contribution in [-0.4, -0.2) is 27.8 Å². The quantitative estimate of drug-likeness (QED) is 0.546. The van der Waals surface area contributed by atoms with Gasteiger partial charge in [0, 0.05) is 17.2 Å². The summed E-state index contributed by atoms with van der Waals surface area (Å²) in [7, 11) is 0. The first-order valence-electron chi connectivity index (χ1n) is 8.04. The molecule has 2 aromatic carbocycles. The van der Waals surface area contributed by atoms with Crippen LogP contribution in [0.5, 0.6) is 0 Å². The molecule has 3 rings (SSSR count). The predicted octanol–water partition coefficient (Wildman–Crippen LogP) is 2.61. The van der Waals surface area contributed by atoms with Crippen molar-refractivity contribution in [1.29, 1.82) is 0 Å². The van der Waals surface area contributed by atoms with Crippen molar-refractivity contribution in [2.24, 2.45) is 0 Å². The van der Waals surface area contributed by atoms with Crippen molar-refractivity contribution < 1.29 is 4.79 Å². The standard InChI is InChI=1S/C19H19N3O2S/c1-14-6-8-15(9-7-14)25-11-10-20-18(23)13-22-17-5-3-2-4-16(17)21-12-19(22)24/h2-9,12H,10-11,13H2,1H3,(H,20,23). The predicted molar refractivity (Wildman–Crippen MR) is 101 cm³/mol. The zero-order chi connectivity index (χ0) is 17.6. The highest BCUT2D eigenvalue weighted by atomic mass is 32.2. The van der Waals surface area contributed by atoms with Crippen LogP contribution in [0.1, 0.15) is 5.56 Å². The van der Waals surface area contributed by atoms with Gasteiger partial charge in [-0.2, -0.15) is 0 Å². The molecule has 0 saturated carbocycles. The van der Waals surface area contributed by atoms with Gasteiger partial charge in [-0.3, -0.25) is 14.2 Å². The number of carbonyl (C=O) groups is 1. The van der Waals surface area contributed by atoms with Crippen molar-refractivity contribution in [2.75, 3.05) is 12.3 Å². The number of para-hydroxylation sites is 2. The van der Waals surface area contributed by atoms with Crippen molar-refractivity contribution >= 4 is 28.7 Å². The summed E-state index contributed by atoms with van der Waals surface area (Å²) in [6.45, 7) is 2.60. The Hall–Kier alpha value is -2.60. The number of hydrogen-bond donors (Lipinski definition) is 1. The zero-order valence-corrected chi connectivity index (χ0v) is 14.8. The van der Waals surface area contributed by atoms with Crippen LogP contribution in [0.2, 0.25) is 0 Å². The molecule has 1 aromatic heterocycles. The van der Waals surface area contributed by atoms with E-state index in [-0.39, 0.29) is 18.0 Å². The number of amides is 1. The summed E-state index contributed by atoms with van der Waals surface area (Å²) in [5.74, 6) is 0.601. The van der Waals surface area contributed by atoms with Crippen molar-refractivity contribution in [1.82, 2.24) is 14.9 Å². The molecular formula is C19H19N3O2S. The van der Waals surface area contributed by atoms with E-state index in [4.69, 9.17) is 0 Å². The number of nitrogens with zero attached hydrogens (tertiary/aromatic N) is 2. The molecule has 0 fully saturated rings. The maximum absolute atomic E-state index is 12.2. The lowest BCUT2D eigenvalue weighted by molar-refractivity contribution is -0.121. The summed E-state index contributed by atoms with van der Waals surface area (Å²) in [5, 5.41) is 2.86. The summed E-state index contributed by atoms with van der Waals surface area (Å²) in [4.78, 5) is 29.5. The topological polar surface area (TPSA) is 64.0 Å². The zero-order valence-electron chi connectivity index (χ0n) is 13.9. The molecule has 0 aliphatic heterocycles. The Morgan fingerprint density at radius 2 is 1.92 bits per heavy atom. The molecule has 1 amide bonds. The number of thioether (sulfide) groups is 1. The lowest BCUT2D eigenvalue weighted by atomic mass is 10.2. The van der Waals surface area contributed by atoms with E-state index in [1.165, 1.54) is 21.2 Å². The molecule has 0 spiro atoms. The third kappa shape index (κ3) is 4.48. The minimum atomic E-state index is -0.275. The average Bonchev–Trinajstić information content (AvgIpc) is 2.63. The van der Waals surface area contributed by atoms with E-state index in [1.807, 2.05) is 18.2 Å². The van der Waals surface area contributed by atoms with Gasteiger partial charge in [-0.25, -0.2) is 4.98 Å². The van der Waals surface area contributed by atoms with Gasteiger partial charge >= 0.3 is 0 Å². The van der Waals surface area contributed by atoms with Crippen molar-refractivity contribution in [3.05, 3.63) is 70.6 Å². The van der Waals surface area contributed by atoms with Crippen LogP contribution in [0.25, 0.3) is 11.0 Å². The number of rotatable bonds is 6. The van der Waals surface area contributed by atoms with Gasteiger partial charge in [0.05, 0.1) is 17.2 Å². The number of aromatic nitrogens is 2. The second-order valence-corrected chi connectivity index (χ2v) is 6.85. The maximum Gasteiger partial charge on any atom is 0.269 e. The highest BCUT2D eigenvalue weighted by Crippen LogP contribution is 2.17. The van der Waals surface area contributed by atoms with Crippen molar-refractivity contribution in [2.45, 2.75) is 18.4 Å². The fourth-order valence-corrected chi connectivity index (χ4v) is 3.24. The lowest BCUT2D eigenvalue weighted by Gasteiger charge is -2.10. The second kappa shape index (κ2) is 7.98. The molecule has 0 saturated heterocycles. The molecule has 0 radical (unpaired) electrons. The summed E-state index contributed by atoms with van der Waals surface area (Å²) in [6, 6.07) is 15.6. The van der Waals surface area contributed by atoms with E-state index in [2.05, 4.69) is 41.5 Å². The van der Waals surface area contributed by atoms with Crippen LogP contribution in [-0.2, 0) is 11.3 Å². The molecule has 128 valence electrons. The highest BCUT2D eigenvalue weighted by Gasteiger charge is 2.08. The molecule has 3 aromatic rings. The van der Waals surface area contributed by atoms with Gasteiger partial charge in [0.15, 0.2) is 0 Å². The fourth-order valence-electron chi connectivity index (χ4n) is 2.47. The number of carbonyl (C=O) groups excluding carboxylic acids is 1. The average molecular weight is 353 g/mol. The van der Waals surface area contributed by atoms with Gasteiger partial charge in [0.2, 0.25) is 5.91 Å². The molecular weight excluding hydrogens is 334 g/mol. The molecule has 6 heteroatoms. The molecule has 0 bridgehead atoms. The van der Waals surface area contributed by atoms with Gasteiger partial charge in [-0.1, -0.05) is 29.8 Å². The van der Waals surface area contributed by atoms with Gasteiger partial charge in [0.1, 0.15) is 6.54 Å². The number of aryl methyl sites for hydroxylation is 1. The number of hydrogen-bond acceptors (Lipinski definition) is 4. The Morgan fingerprint density at radius 1 is 1.16 bits per heavy atom. The molecule has 5 nitrogen and oxygen atoms in total. The Bertz CT molecular complexity index is 935. The smallest absolute Gasteiger partial charge is 0.269 e. The van der Waals surface area contributed by atoms with Crippen LogP contribution >= 0.6 is 11.8 Å². The monoisotopic (exact) mass is 353 g/mol. The molecule has 0 aliphatic carbocycles. The Morgan fingerprint density at radius 3 is 2.72 bits per heavy atom. The second-order valence-electron chi connectivity index (χ2n) is 5.68. The van der Waals surface area contributed by atoms with E-state index < -0.39 is 0 Å². The maximum atomic E-state index is 12.2. The first-order valence-corrected chi connectivity index (χ1v) is 9.03. The minimum absolute atomic E-state index is 0.00291. The van der Waals surface area contributed by atoms with Gasteiger partial charge in [0.25, 0.3) is 5.56 Å². The van der Waals surface area contributed by atoms with Crippen LogP contribution in [0.15, 0.2) is 64.4 Å². The summed E-state index contributed by atoms with van der Waals surface area (Å²) in [6.07, 6.45) is 1.25. The fraction of sp³-hybridized carbons (Fsp3) is 0.211. The number of benzene rings is 2. The Kier molecular flexibility index (Phi) is 5.50. The molecule has 1 heterocycles. The normalized spacial score (nSPS) is 10.8. The minimum Gasteiger partial charge on any atom is -0.354 e. The van der Waals surface area contributed by atoms with E-state index in [1.54, 1.807) is 17.8 Å². The lowest BCUT2D eigenvalue weighted by Crippen LogP contribution is -2.33. The van der Waals surface area contributed by atoms with Crippen molar-refractivity contribution in [3.63, 3.8) is 0 Å². The molecule has 0 atom stereocenters. The molecule has 0 aliphatic rings. The summed E-state index contributed by atoms with van der Waals surface area (Å²) in [5.41, 5.74) is 2.32. The number of fused-ring (bicyclic) bond motifs is 1. The van der Waals surface area contributed by atoms with Gasteiger partial charge < -0.3 is 5.32 Å². The third-order valence-electron chi connectivity index (χ3n) is 3.77. The highest BCUT2D eigenvalue weighted by molar-refractivity contribution is 7.99. The first kappa shape index (κ1) is 17.2. The summed E-state index contributed by atoms with van der Waals surface area (Å²) < 4.78 is 1.45. The Balaban J connectivity index is 1.55. The van der Waals surface area contributed by atoms with Gasteiger partial charge in [-0.05, 0) is 31.2 Å². The Labute approximate surface area is 150 Å². The van der Waals surface area contributed by atoms with Crippen molar-refractivity contribution in [3.8, 4) is 0 Å². The first-order chi connectivity index (χ1) is 12.1. The van der Waals surface area contributed by atoms with Crippen LogP contribution in [0, 0.1) is 6.92 Å². The third-order valence-corrected chi connectivity index (χ3v) is 4.78. The molecule has 1 N–H and O–H groups in total. The SMILES string of the molecule is Cc1ccc(SCCNC(=O)Cn2c(=O)cnc3ccccc32)cc1. The molecule has 0 unspecified atom stereocenters. The number of nitrogens with one attached hydrogen (secondary N) is 1. The summed E-state index contributed by atoms with van der Waals surface area (Å²) >= 11 is 1.69. The van der Waals surface area contributed by atoms with Crippen LogP contribution < -0.4 is 10.9 Å². The molecule has 25 heavy (non-hydrogen) atoms. The van der Waals surface area contributed by atoms with Crippen LogP contribution in [0.3, 0.4) is 0 Å². The van der Waals surface area contributed by atoms with E-state index >= 15 is 0 Å². The van der Waals surface area contributed by atoms with Crippen LogP contribution in [0.4, 0.5) is 0 Å². The van der Waals surface area contributed by atoms with Gasteiger partial charge in [-0.15, -0.1) is 11.8 Å².